The number of ether oxygens (including phenoxy) is 1. The lowest BCUT2D eigenvalue weighted by Gasteiger charge is -2.30. The van der Waals surface area contributed by atoms with Crippen molar-refractivity contribution >= 4 is 11.6 Å². The van der Waals surface area contributed by atoms with Crippen LogP contribution in [0.25, 0.3) is 0 Å². The topological polar surface area (TPSA) is 29.5 Å². The molecule has 1 aliphatic rings. The summed E-state index contributed by atoms with van der Waals surface area (Å²) in [6, 6.07) is 5.46. The SMILES string of the molecule is COc1cc(Cl)ccc1C(O)C1CCC(C)CC1. The van der Waals surface area contributed by atoms with Crippen LogP contribution in [0.3, 0.4) is 0 Å². The lowest BCUT2D eigenvalue weighted by molar-refractivity contribution is 0.0734. The Morgan fingerprint density at radius 2 is 1.94 bits per heavy atom. The molecule has 1 N–H and O–H groups in total. The van der Waals surface area contributed by atoms with Gasteiger partial charge in [0.05, 0.1) is 13.2 Å². The average Bonchev–Trinajstić information content (AvgIpc) is 2.38. The highest BCUT2D eigenvalue weighted by molar-refractivity contribution is 6.30. The zero-order valence-corrected chi connectivity index (χ0v) is 11.8. The van der Waals surface area contributed by atoms with Crippen molar-refractivity contribution in [3.8, 4) is 5.75 Å². The second-order valence-corrected chi connectivity index (χ2v) is 5.79. The molecule has 1 fully saturated rings. The summed E-state index contributed by atoms with van der Waals surface area (Å²) in [5.74, 6) is 1.82. The standard InChI is InChI=1S/C15H21ClO2/c1-10-3-5-11(6-4-10)15(17)13-8-7-12(16)9-14(13)18-2/h7-11,15,17H,3-6H2,1-2H3. The van der Waals surface area contributed by atoms with Crippen molar-refractivity contribution in [2.75, 3.05) is 7.11 Å². The first-order valence-corrected chi connectivity index (χ1v) is 7.01. The molecular formula is C15H21ClO2. The molecule has 0 aromatic heterocycles. The van der Waals surface area contributed by atoms with Crippen LogP contribution in [0, 0.1) is 11.8 Å². The van der Waals surface area contributed by atoms with E-state index in [1.54, 1.807) is 13.2 Å². The summed E-state index contributed by atoms with van der Waals surface area (Å²) in [5, 5.41) is 11.2. The highest BCUT2D eigenvalue weighted by Gasteiger charge is 2.27. The van der Waals surface area contributed by atoms with Crippen molar-refractivity contribution < 1.29 is 9.84 Å². The van der Waals surface area contributed by atoms with Gasteiger partial charge < -0.3 is 9.84 Å². The molecule has 3 heteroatoms. The van der Waals surface area contributed by atoms with Crippen LogP contribution in [0.2, 0.25) is 5.02 Å². The van der Waals surface area contributed by atoms with E-state index in [-0.39, 0.29) is 0 Å². The Bertz CT molecular complexity index is 397. The molecule has 1 unspecified atom stereocenters. The van der Waals surface area contributed by atoms with Gasteiger partial charge in [-0.3, -0.25) is 0 Å². The normalized spacial score (nSPS) is 25.8. The second-order valence-electron chi connectivity index (χ2n) is 5.35. The highest BCUT2D eigenvalue weighted by Crippen LogP contribution is 2.40. The summed E-state index contributed by atoms with van der Waals surface area (Å²) >= 11 is 5.94. The maximum Gasteiger partial charge on any atom is 0.126 e. The Labute approximate surface area is 114 Å². The molecule has 1 aromatic rings. The Balaban J connectivity index is 2.15. The minimum absolute atomic E-state index is 0.344. The molecule has 1 aliphatic carbocycles. The van der Waals surface area contributed by atoms with Gasteiger partial charge in [-0.2, -0.15) is 0 Å². The van der Waals surface area contributed by atoms with Gasteiger partial charge >= 0.3 is 0 Å². The Morgan fingerprint density at radius 1 is 1.28 bits per heavy atom. The highest BCUT2D eigenvalue weighted by atomic mass is 35.5. The first-order chi connectivity index (χ1) is 8.61. The third-order valence-corrected chi connectivity index (χ3v) is 4.26. The van der Waals surface area contributed by atoms with Crippen molar-refractivity contribution in [2.24, 2.45) is 11.8 Å². The molecule has 0 amide bonds. The number of benzene rings is 1. The van der Waals surface area contributed by atoms with Gasteiger partial charge in [-0.1, -0.05) is 37.4 Å². The molecule has 1 aromatic carbocycles. The van der Waals surface area contributed by atoms with Gasteiger partial charge in [0.25, 0.3) is 0 Å². The van der Waals surface area contributed by atoms with Crippen LogP contribution in [-0.4, -0.2) is 12.2 Å². The average molecular weight is 269 g/mol. The number of hydrogen-bond acceptors (Lipinski definition) is 2. The van der Waals surface area contributed by atoms with Crippen molar-refractivity contribution in [3.63, 3.8) is 0 Å². The van der Waals surface area contributed by atoms with E-state index in [0.29, 0.717) is 16.7 Å². The van der Waals surface area contributed by atoms with E-state index in [9.17, 15) is 5.11 Å². The van der Waals surface area contributed by atoms with E-state index in [1.807, 2.05) is 12.1 Å². The predicted molar refractivity (Wildman–Crippen MR) is 74.1 cm³/mol. The summed E-state index contributed by atoms with van der Waals surface area (Å²) in [7, 11) is 1.62. The summed E-state index contributed by atoms with van der Waals surface area (Å²) < 4.78 is 5.31. The first-order valence-electron chi connectivity index (χ1n) is 6.63. The summed E-state index contributed by atoms with van der Waals surface area (Å²) in [4.78, 5) is 0. The molecule has 0 spiro atoms. The number of hydrogen-bond donors (Lipinski definition) is 1. The van der Waals surface area contributed by atoms with Crippen LogP contribution < -0.4 is 4.74 Å². The van der Waals surface area contributed by atoms with E-state index < -0.39 is 6.10 Å². The fourth-order valence-electron chi connectivity index (χ4n) is 2.78. The fourth-order valence-corrected chi connectivity index (χ4v) is 2.95. The van der Waals surface area contributed by atoms with Crippen LogP contribution in [-0.2, 0) is 0 Å². The fraction of sp³-hybridized carbons (Fsp3) is 0.600. The van der Waals surface area contributed by atoms with Gasteiger partial charge in [-0.05, 0) is 36.8 Å². The van der Waals surface area contributed by atoms with Crippen LogP contribution in [0.4, 0.5) is 0 Å². The zero-order valence-electron chi connectivity index (χ0n) is 11.0. The molecule has 0 radical (unpaired) electrons. The van der Waals surface area contributed by atoms with E-state index in [2.05, 4.69) is 6.92 Å². The summed E-state index contributed by atoms with van der Waals surface area (Å²) in [5.41, 5.74) is 0.862. The van der Waals surface area contributed by atoms with Crippen molar-refractivity contribution in [2.45, 2.75) is 38.7 Å². The van der Waals surface area contributed by atoms with Crippen molar-refractivity contribution in [1.82, 2.24) is 0 Å². The van der Waals surface area contributed by atoms with E-state index >= 15 is 0 Å². The molecule has 2 nitrogen and oxygen atoms in total. The van der Waals surface area contributed by atoms with Crippen LogP contribution in [0.15, 0.2) is 18.2 Å². The molecule has 100 valence electrons. The monoisotopic (exact) mass is 268 g/mol. The van der Waals surface area contributed by atoms with Crippen LogP contribution in [0.1, 0.15) is 44.3 Å². The smallest absolute Gasteiger partial charge is 0.126 e. The minimum atomic E-state index is -0.440. The number of aliphatic hydroxyl groups is 1. The van der Waals surface area contributed by atoms with Gasteiger partial charge in [0.1, 0.15) is 5.75 Å². The van der Waals surface area contributed by atoms with Gasteiger partial charge in [0, 0.05) is 10.6 Å². The van der Waals surface area contributed by atoms with Gasteiger partial charge in [-0.25, -0.2) is 0 Å². The van der Waals surface area contributed by atoms with Crippen LogP contribution >= 0.6 is 11.6 Å². The Kier molecular flexibility index (Phi) is 4.52. The van der Waals surface area contributed by atoms with Gasteiger partial charge in [0.2, 0.25) is 0 Å². The molecule has 18 heavy (non-hydrogen) atoms. The molecule has 1 atom stereocenters. The molecule has 0 saturated heterocycles. The molecular weight excluding hydrogens is 248 g/mol. The molecule has 0 heterocycles. The van der Waals surface area contributed by atoms with Crippen molar-refractivity contribution in [1.29, 1.82) is 0 Å². The quantitative estimate of drug-likeness (QED) is 0.890. The summed E-state index contributed by atoms with van der Waals surface area (Å²) in [6.45, 7) is 2.28. The largest absolute Gasteiger partial charge is 0.496 e. The number of methoxy groups -OCH3 is 1. The molecule has 0 aliphatic heterocycles. The van der Waals surface area contributed by atoms with E-state index in [4.69, 9.17) is 16.3 Å². The first kappa shape index (κ1) is 13.7. The maximum atomic E-state index is 10.5. The third-order valence-electron chi connectivity index (χ3n) is 4.02. The van der Waals surface area contributed by atoms with Crippen molar-refractivity contribution in [3.05, 3.63) is 28.8 Å². The lowest BCUT2D eigenvalue weighted by atomic mass is 9.78. The third kappa shape index (κ3) is 2.99. The zero-order chi connectivity index (χ0) is 13.1. The minimum Gasteiger partial charge on any atom is -0.496 e. The van der Waals surface area contributed by atoms with E-state index in [1.165, 1.54) is 12.8 Å². The van der Waals surface area contributed by atoms with Crippen LogP contribution in [0.5, 0.6) is 5.75 Å². The van der Waals surface area contributed by atoms with Gasteiger partial charge in [0.15, 0.2) is 0 Å². The molecule has 2 rings (SSSR count). The number of aliphatic hydroxyl groups excluding tert-OH is 1. The summed E-state index contributed by atoms with van der Waals surface area (Å²) in [6.07, 6.45) is 4.15. The lowest BCUT2D eigenvalue weighted by Crippen LogP contribution is -2.19. The Hall–Kier alpha value is -0.730. The van der Waals surface area contributed by atoms with Gasteiger partial charge in [-0.15, -0.1) is 0 Å². The second kappa shape index (κ2) is 5.94. The van der Waals surface area contributed by atoms with E-state index in [0.717, 1.165) is 24.3 Å². The number of halogens is 1. The number of rotatable bonds is 3. The maximum absolute atomic E-state index is 10.5. The predicted octanol–water partition coefficient (Wildman–Crippen LogP) is 4.21. The Morgan fingerprint density at radius 3 is 2.56 bits per heavy atom. The molecule has 1 saturated carbocycles. The molecule has 0 bridgehead atoms.